The lowest BCUT2D eigenvalue weighted by molar-refractivity contribution is 0.221. The fourth-order valence-electron chi connectivity index (χ4n) is 0.760. The molecule has 13 heavy (non-hydrogen) atoms. The molecule has 0 spiro atoms. The third kappa shape index (κ3) is 3.28. The van der Waals surface area contributed by atoms with Crippen LogP contribution in [-0.2, 0) is 10.0 Å². The molecule has 0 saturated heterocycles. The highest BCUT2D eigenvalue weighted by molar-refractivity contribution is 7.89. The van der Waals surface area contributed by atoms with E-state index in [-0.39, 0.29) is 13.1 Å². The molecule has 0 heterocycles. The van der Waals surface area contributed by atoms with Gasteiger partial charge in [-0.25, -0.2) is 8.42 Å². The van der Waals surface area contributed by atoms with Gasteiger partial charge in [-0.2, -0.15) is 13.1 Å². The average molecular weight is 211 g/mol. The minimum Gasteiger partial charge on any atom is -0.206 e. The van der Waals surface area contributed by atoms with Gasteiger partial charge >= 0.3 is 5.76 Å². The van der Waals surface area contributed by atoms with E-state index in [9.17, 15) is 17.2 Å². The molecule has 3 nitrogen and oxygen atoms in total. The Balaban J connectivity index is 4.65. The van der Waals surface area contributed by atoms with Crippen LogP contribution in [-0.4, -0.2) is 31.6 Å². The number of halogens is 2. The smallest absolute Gasteiger partial charge is 0.206 e. The fourth-order valence-corrected chi connectivity index (χ4v) is 1.68. The van der Waals surface area contributed by atoms with Crippen molar-refractivity contribution >= 4 is 10.0 Å². The Morgan fingerprint density at radius 2 is 2.08 bits per heavy atom. The van der Waals surface area contributed by atoms with Crippen LogP contribution in [0, 0.1) is 12.3 Å². The third-order valence-corrected chi connectivity index (χ3v) is 2.81. The topological polar surface area (TPSA) is 37.4 Å². The van der Waals surface area contributed by atoms with Gasteiger partial charge < -0.3 is 0 Å². The zero-order valence-electron chi connectivity index (χ0n) is 7.20. The van der Waals surface area contributed by atoms with E-state index in [2.05, 4.69) is 0 Å². The van der Waals surface area contributed by atoms with Gasteiger partial charge in [-0.3, -0.25) is 0 Å². The molecule has 0 aliphatic rings. The van der Waals surface area contributed by atoms with E-state index in [1.807, 2.05) is 5.92 Å². The Morgan fingerprint density at radius 3 is 2.38 bits per heavy atom. The van der Waals surface area contributed by atoms with Crippen LogP contribution in [0.25, 0.3) is 0 Å². The van der Waals surface area contributed by atoms with Crippen LogP contribution in [0.4, 0.5) is 8.78 Å². The lowest BCUT2D eigenvalue weighted by atomic mass is 10.5. The van der Waals surface area contributed by atoms with E-state index >= 15 is 0 Å². The highest BCUT2D eigenvalue weighted by Gasteiger charge is 2.30. The van der Waals surface area contributed by atoms with E-state index in [0.717, 1.165) is 0 Å². The second kappa shape index (κ2) is 5.14. The van der Waals surface area contributed by atoms with Gasteiger partial charge in [-0.05, 0) is 6.42 Å². The lowest BCUT2D eigenvalue weighted by Gasteiger charge is -2.17. The van der Waals surface area contributed by atoms with Gasteiger partial charge in [-0.15, -0.1) is 6.42 Å². The van der Waals surface area contributed by atoms with Crippen LogP contribution in [0.3, 0.4) is 0 Å². The van der Waals surface area contributed by atoms with Gasteiger partial charge in [0.25, 0.3) is 10.0 Å². The largest absolute Gasteiger partial charge is 0.350 e. The van der Waals surface area contributed by atoms with Crippen molar-refractivity contribution in [2.24, 2.45) is 0 Å². The molecule has 0 atom stereocenters. The molecule has 0 unspecified atom stereocenters. The molecule has 0 aliphatic heterocycles. The van der Waals surface area contributed by atoms with Crippen molar-refractivity contribution in [3.63, 3.8) is 0 Å². The van der Waals surface area contributed by atoms with E-state index in [1.54, 1.807) is 6.92 Å². The number of sulfonamides is 1. The maximum atomic E-state index is 12.0. The van der Waals surface area contributed by atoms with Crippen LogP contribution in [0.1, 0.15) is 13.3 Å². The molecule has 0 fully saturated rings. The molecule has 0 aromatic carbocycles. The zero-order valence-corrected chi connectivity index (χ0v) is 8.02. The molecular weight excluding hydrogens is 200 g/mol. The first-order valence-electron chi connectivity index (χ1n) is 3.67. The highest BCUT2D eigenvalue weighted by atomic mass is 32.2. The summed E-state index contributed by atoms with van der Waals surface area (Å²) >= 11 is 0. The number of rotatable bonds is 5. The Morgan fingerprint density at radius 1 is 1.54 bits per heavy atom. The standard InChI is InChI=1S/C7H11F2NO2S/c1-3-5-10(6-4-2)13(11,12)7(8)9/h1,7H,4-6H2,2H3. The first kappa shape index (κ1) is 12.3. The second-order valence-corrected chi connectivity index (χ2v) is 4.25. The molecular formula is C7H11F2NO2S. The Hall–Kier alpha value is -0.670. The summed E-state index contributed by atoms with van der Waals surface area (Å²) in [6.07, 6.45) is 5.31. The highest BCUT2D eigenvalue weighted by Crippen LogP contribution is 2.11. The molecule has 0 radical (unpaired) electrons. The normalized spacial score (nSPS) is 12.0. The Labute approximate surface area is 76.8 Å². The molecule has 6 heteroatoms. The molecule has 0 aliphatic carbocycles. The maximum absolute atomic E-state index is 12.0. The second-order valence-electron chi connectivity index (χ2n) is 2.34. The van der Waals surface area contributed by atoms with Gasteiger partial charge in [0.05, 0.1) is 6.54 Å². The van der Waals surface area contributed by atoms with Crippen molar-refractivity contribution in [3.8, 4) is 12.3 Å². The first-order chi connectivity index (χ1) is 5.96. The molecule has 0 rings (SSSR count). The van der Waals surface area contributed by atoms with Crippen molar-refractivity contribution in [3.05, 3.63) is 0 Å². The predicted octanol–water partition coefficient (Wildman–Crippen LogP) is 0.884. The zero-order chi connectivity index (χ0) is 10.5. The fraction of sp³-hybridized carbons (Fsp3) is 0.714. The SMILES string of the molecule is C#CCN(CCC)S(=O)(=O)C(F)F. The van der Waals surface area contributed by atoms with Crippen LogP contribution < -0.4 is 0 Å². The number of hydrogen-bond acceptors (Lipinski definition) is 2. The molecule has 0 bridgehead atoms. The summed E-state index contributed by atoms with van der Waals surface area (Å²) < 4.78 is 46.4. The number of hydrogen-bond donors (Lipinski definition) is 0. The van der Waals surface area contributed by atoms with Gasteiger partial charge in [-0.1, -0.05) is 12.8 Å². The average Bonchev–Trinajstić information content (AvgIpc) is 2.03. The summed E-state index contributed by atoms with van der Waals surface area (Å²) in [7, 11) is -4.51. The van der Waals surface area contributed by atoms with Crippen LogP contribution in [0.2, 0.25) is 0 Å². The minimum atomic E-state index is -4.51. The van der Waals surface area contributed by atoms with E-state index in [0.29, 0.717) is 10.7 Å². The van der Waals surface area contributed by atoms with Crippen LogP contribution in [0.15, 0.2) is 0 Å². The van der Waals surface area contributed by atoms with Gasteiger partial charge in [0, 0.05) is 6.54 Å². The first-order valence-corrected chi connectivity index (χ1v) is 5.17. The van der Waals surface area contributed by atoms with E-state index in [1.165, 1.54) is 0 Å². The number of terminal acetylenes is 1. The molecule has 76 valence electrons. The summed E-state index contributed by atoms with van der Waals surface area (Å²) in [5.41, 5.74) is 0. The van der Waals surface area contributed by atoms with Gasteiger partial charge in [0.1, 0.15) is 0 Å². The molecule has 0 aromatic heterocycles. The third-order valence-electron chi connectivity index (χ3n) is 1.33. The van der Waals surface area contributed by atoms with Crippen molar-refractivity contribution in [2.45, 2.75) is 19.1 Å². The predicted molar refractivity (Wildman–Crippen MR) is 45.6 cm³/mol. The summed E-state index contributed by atoms with van der Waals surface area (Å²) in [5.74, 6) is -1.37. The number of nitrogens with zero attached hydrogens (tertiary/aromatic N) is 1. The Bertz CT molecular complexity index is 281. The van der Waals surface area contributed by atoms with Gasteiger partial charge in [0.2, 0.25) is 0 Å². The van der Waals surface area contributed by atoms with Crippen LogP contribution in [0.5, 0.6) is 0 Å². The van der Waals surface area contributed by atoms with E-state index < -0.39 is 15.8 Å². The monoisotopic (exact) mass is 211 g/mol. The number of alkyl halides is 2. The minimum absolute atomic E-state index is 0.0247. The molecule has 0 saturated carbocycles. The Kier molecular flexibility index (Phi) is 4.88. The summed E-state index contributed by atoms with van der Waals surface area (Å²) in [6.45, 7) is 1.40. The summed E-state index contributed by atoms with van der Waals surface area (Å²) in [4.78, 5) is 0. The van der Waals surface area contributed by atoms with Crippen molar-refractivity contribution < 1.29 is 17.2 Å². The van der Waals surface area contributed by atoms with Crippen molar-refractivity contribution in [1.29, 1.82) is 0 Å². The summed E-state index contributed by atoms with van der Waals surface area (Å²) in [6, 6.07) is 0. The lowest BCUT2D eigenvalue weighted by Crippen LogP contribution is -2.36. The molecule has 0 N–H and O–H groups in total. The molecule has 0 amide bonds. The molecule has 0 aromatic rings. The maximum Gasteiger partial charge on any atom is 0.350 e. The van der Waals surface area contributed by atoms with Crippen molar-refractivity contribution in [2.75, 3.05) is 13.1 Å². The summed E-state index contributed by atoms with van der Waals surface area (Å²) in [5, 5.41) is 0. The van der Waals surface area contributed by atoms with Crippen molar-refractivity contribution in [1.82, 2.24) is 4.31 Å². The quantitative estimate of drug-likeness (QED) is 0.633. The van der Waals surface area contributed by atoms with E-state index in [4.69, 9.17) is 6.42 Å². The van der Waals surface area contributed by atoms with Gasteiger partial charge in [0.15, 0.2) is 0 Å². The van der Waals surface area contributed by atoms with Crippen LogP contribution >= 0.6 is 0 Å².